The number of oxazole rings is 1. The van der Waals surface area contributed by atoms with Gasteiger partial charge in [-0.1, -0.05) is 0 Å². The van der Waals surface area contributed by atoms with Crippen LogP contribution < -0.4 is 5.56 Å². The van der Waals surface area contributed by atoms with E-state index in [1.54, 1.807) is 0 Å². The van der Waals surface area contributed by atoms with Gasteiger partial charge in [-0.3, -0.25) is 19.5 Å². The third-order valence-corrected chi connectivity index (χ3v) is 3.99. The van der Waals surface area contributed by atoms with Gasteiger partial charge in [0.15, 0.2) is 0 Å². The van der Waals surface area contributed by atoms with Gasteiger partial charge in [0, 0.05) is 17.7 Å². The van der Waals surface area contributed by atoms with E-state index in [-0.39, 0.29) is 23.4 Å². The Kier molecular flexibility index (Phi) is 3.96. The fourth-order valence-corrected chi connectivity index (χ4v) is 2.65. The summed E-state index contributed by atoms with van der Waals surface area (Å²) in [4.78, 5) is 31.4. The fourth-order valence-electron chi connectivity index (χ4n) is 2.65. The third kappa shape index (κ3) is 3.17. The van der Waals surface area contributed by atoms with Gasteiger partial charge in [-0.25, -0.2) is 14.4 Å². The second kappa shape index (κ2) is 6.45. The van der Waals surface area contributed by atoms with Gasteiger partial charge in [0.1, 0.15) is 12.1 Å². The molecule has 2 aromatic heterocycles. The SMILES string of the molecule is O=c1c2cc([N+](=O)[O-])ccc2ncn1Cc1coc(-c2ccc(F)cc2)n1. The van der Waals surface area contributed by atoms with Crippen molar-refractivity contribution in [2.24, 2.45) is 0 Å². The third-order valence-electron chi connectivity index (χ3n) is 3.99. The van der Waals surface area contributed by atoms with Crippen molar-refractivity contribution >= 4 is 16.6 Å². The molecule has 0 atom stereocenters. The molecule has 4 aromatic rings. The number of nitro groups is 1. The van der Waals surface area contributed by atoms with Crippen LogP contribution in [0.25, 0.3) is 22.4 Å². The predicted molar refractivity (Wildman–Crippen MR) is 93.7 cm³/mol. The Morgan fingerprint density at radius 3 is 2.70 bits per heavy atom. The summed E-state index contributed by atoms with van der Waals surface area (Å²) >= 11 is 0. The average molecular weight is 366 g/mol. The summed E-state index contributed by atoms with van der Waals surface area (Å²) in [6, 6.07) is 9.59. The Hall–Kier alpha value is -3.88. The topological polar surface area (TPSA) is 104 Å². The molecule has 0 radical (unpaired) electrons. The van der Waals surface area contributed by atoms with Crippen LogP contribution in [0.15, 0.2) is 64.3 Å². The number of non-ortho nitro benzene ring substituents is 1. The maximum atomic E-state index is 13.0. The molecule has 0 saturated carbocycles. The quantitative estimate of drug-likeness (QED) is 0.406. The van der Waals surface area contributed by atoms with E-state index < -0.39 is 10.5 Å². The van der Waals surface area contributed by atoms with Crippen molar-refractivity contribution in [2.45, 2.75) is 6.54 Å². The van der Waals surface area contributed by atoms with Crippen LogP contribution in [-0.4, -0.2) is 19.5 Å². The smallest absolute Gasteiger partial charge is 0.270 e. The van der Waals surface area contributed by atoms with E-state index in [9.17, 15) is 19.3 Å². The lowest BCUT2D eigenvalue weighted by Gasteiger charge is -2.04. The van der Waals surface area contributed by atoms with Gasteiger partial charge in [0.05, 0.1) is 34.4 Å². The van der Waals surface area contributed by atoms with E-state index in [4.69, 9.17) is 4.42 Å². The monoisotopic (exact) mass is 366 g/mol. The van der Waals surface area contributed by atoms with Crippen LogP contribution in [0, 0.1) is 15.9 Å². The van der Waals surface area contributed by atoms with E-state index in [1.807, 2.05) is 0 Å². The molecule has 0 bridgehead atoms. The van der Waals surface area contributed by atoms with Gasteiger partial charge in [0.25, 0.3) is 11.2 Å². The standard InChI is InChI=1S/C18H11FN4O4/c19-12-3-1-11(2-4-12)17-21-13(9-27-17)8-22-10-20-16-6-5-14(23(25)26)7-15(16)18(22)24/h1-7,9-10H,8H2. The van der Waals surface area contributed by atoms with Gasteiger partial charge < -0.3 is 4.42 Å². The average Bonchev–Trinajstić information content (AvgIpc) is 3.13. The Labute approximate surface area is 150 Å². The Morgan fingerprint density at radius 2 is 1.96 bits per heavy atom. The second-order valence-corrected chi connectivity index (χ2v) is 5.79. The van der Waals surface area contributed by atoms with Crippen LogP contribution in [0.2, 0.25) is 0 Å². The first kappa shape index (κ1) is 16.6. The summed E-state index contributed by atoms with van der Waals surface area (Å²) in [5.74, 6) is -0.0733. The van der Waals surface area contributed by atoms with E-state index in [0.717, 1.165) is 0 Å². The minimum absolute atomic E-state index is 0.0785. The van der Waals surface area contributed by atoms with Crippen LogP contribution in [-0.2, 0) is 6.54 Å². The molecule has 0 unspecified atom stereocenters. The molecule has 2 heterocycles. The summed E-state index contributed by atoms with van der Waals surface area (Å²) in [7, 11) is 0. The second-order valence-electron chi connectivity index (χ2n) is 5.79. The first-order valence-electron chi connectivity index (χ1n) is 7.85. The summed E-state index contributed by atoms with van der Waals surface area (Å²) in [6.07, 6.45) is 2.74. The molecule has 0 aliphatic heterocycles. The van der Waals surface area contributed by atoms with E-state index in [0.29, 0.717) is 22.7 Å². The molecule has 0 aliphatic rings. The number of hydrogen-bond donors (Lipinski definition) is 0. The fraction of sp³-hybridized carbons (Fsp3) is 0.0556. The molecular weight excluding hydrogens is 355 g/mol. The highest BCUT2D eigenvalue weighted by molar-refractivity contribution is 5.79. The number of fused-ring (bicyclic) bond motifs is 1. The Morgan fingerprint density at radius 1 is 1.19 bits per heavy atom. The predicted octanol–water partition coefficient (Wildman–Crippen LogP) is 3.15. The maximum Gasteiger partial charge on any atom is 0.270 e. The molecule has 27 heavy (non-hydrogen) atoms. The van der Waals surface area contributed by atoms with Crippen molar-refractivity contribution in [1.29, 1.82) is 0 Å². The molecule has 0 fully saturated rings. The zero-order valence-electron chi connectivity index (χ0n) is 13.7. The number of nitrogens with zero attached hydrogens (tertiary/aromatic N) is 4. The molecule has 0 amide bonds. The summed E-state index contributed by atoms with van der Waals surface area (Å²) in [6.45, 7) is 0.0785. The zero-order valence-corrected chi connectivity index (χ0v) is 13.7. The first-order chi connectivity index (χ1) is 13.0. The van der Waals surface area contributed by atoms with Crippen molar-refractivity contribution in [3.63, 3.8) is 0 Å². The van der Waals surface area contributed by atoms with Gasteiger partial charge >= 0.3 is 0 Å². The molecule has 2 aromatic carbocycles. The molecule has 8 nitrogen and oxygen atoms in total. The van der Waals surface area contributed by atoms with Crippen LogP contribution in [0.1, 0.15) is 5.69 Å². The molecule has 0 N–H and O–H groups in total. The van der Waals surface area contributed by atoms with Crippen molar-refractivity contribution in [3.8, 4) is 11.5 Å². The first-order valence-corrected chi connectivity index (χ1v) is 7.85. The molecule has 0 aliphatic carbocycles. The number of benzene rings is 2. The molecule has 4 rings (SSSR count). The van der Waals surface area contributed by atoms with Gasteiger partial charge in [0.2, 0.25) is 5.89 Å². The van der Waals surface area contributed by atoms with Crippen LogP contribution in [0.4, 0.5) is 10.1 Å². The Bertz CT molecular complexity index is 1210. The highest BCUT2D eigenvalue weighted by Gasteiger charge is 2.13. The summed E-state index contributed by atoms with van der Waals surface area (Å²) in [5.41, 5.74) is 0.827. The molecule has 134 valence electrons. The van der Waals surface area contributed by atoms with Gasteiger partial charge in [-0.15, -0.1) is 0 Å². The van der Waals surface area contributed by atoms with Crippen LogP contribution in [0.3, 0.4) is 0 Å². The van der Waals surface area contributed by atoms with Gasteiger partial charge in [-0.05, 0) is 30.3 Å². The number of rotatable bonds is 4. The lowest BCUT2D eigenvalue weighted by molar-refractivity contribution is -0.384. The molecular formula is C18H11FN4O4. The van der Waals surface area contributed by atoms with Crippen LogP contribution in [0.5, 0.6) is 0 Å². The summed E-state index contributed by atoms with van der Waals surface area (Å²) in [5, 5.41) is 11.1. The molecule has 0 spiro atoms. The minimum atomic E-state index is -0.567. The van der Waals surface area contributed by atoms with Crippen molar-refractivity contribution < 1.29 is 13.7 Å². The Balaban J connectivity index is 1.67. The number of nitro benzene ring substituents is 1. The molecule has 9 heteroatoms. The number of halogens is 1. The maximum absolute atomic E-state index is 13.0. The highest BCUT2D eigenvalue weighted by Crippen LogP contribution is 2.20. The largest absolute Gasteiger partial charge is 0.444 e. The van der Waals surface area contributed by atoms with Gasteiger partial charge in [-0.2, -0.15) is 0 Å². The molecule has 0 saturated heterocycles. The van der Waals surface area contributed by atoms with Crippen molar-refractivity contribution in [3.05, 3.63) is 87.0 Å². The van der Waals surface area contributed by atoms with Crippen LogP contribution >= 0.6 is 0 Å². The highest BCUT2D eigenvalue weighted by atomic mass is 19.1. The normalized spacial score (nSPS) is 11.0. The van der Waals surface area contributed by atoms with E-state index >= 15 is 0 Å². The lowest BCUT2D eigenvalue weighted by atomic mass is 10.2. The van der Waals surface area contributed by atoms with E-state index in [1.165, 1.54) is 59.6 Å². The van der Waals surface area contributed by atoms with Crippen molar-refractivity contribution in [2.75, 3.05) is 0 Å². The zero-order chi connectivity index (χ0) is 19.0. The summed E-state index contributed by atoms with van der Waals surface area (Å²) < 4.78 is 19.7. The minimum Gasteiger partial charge on any atom is -0.444 e. The van der Waals surface area contributed by atoms with E-state index in [2.05, 4.69) is 9.97 Å². The number of aromatic nitrogens is 3. The van der Waals surface area contributed by atoms with Crippen molar-refractivity contribution in [1.82, 2.24) is 14.5 Å². The lowest BCUT2D eigenvalue weighted by Crippen LogP contribution is -2.21. The number of hydrogen-bond acceptors (Lipinski definition) is 6.